The Hall–Kier alpha value is -2.22. The lowest BCUT2D eigenvalue weighted by atomic mass is 10.00. The van der Waals surface area contributed by atoms with Crippen LogP contribution in [0.15, 0.2) is 57.9 Å². The van der Waals surface area contributed by atoms with E-state index in [9.17, 15) is 8.42 Å². The normalized spacial score (nSPS) is 18.3. The monoisotopic (exact) mass is 417 g/mol. The molecule has 6 nitrogen and oxygen atoms in total. The maximum absolute atomic E-state index is 13.0. The molecule has 1 aromatic heterocycles. The molecule has 1 saturated heterocycles. The van der Waals surface area contributed by atoms with Crippen molar-refractivity contribution in [1.82, 2.24) is 14.4 Å². The zero-order valence-electron chi connectivity index (χ0n) is 15.4. The largest absolute Gasteiger partial charge is 0.339 e. The number of benzene rings is 2. The van der Waals surface area contributed by atoms with Gasteiger partial charge in [-0.3, -0.25) is 0 Å². The van der Waals surface area contributed by atoms with E-state index in [1.807, 2.05) is 31.2 Å². The predicted molar refractivity (Wildman–Crippen MR) is 107 cm³/mol. The summed E-state index contributed by atoms with van der Waals surface area (Å²) in [6.07, 6.45) is 1.54. The van der Waals surface area contributed by atoms with Gasteiger partial charge in [0, 0.05) is 23.7 Å². The van der Waals surface area contributed by atoms with Gasteiger partial charge in [0.1, 0.15) is 0 Å². The third kappa shape index (κ3) is 3.83. The lowest BCUT2D eigenvalue weighted by Crippen LogP contribution is -2.39. The van der Waals surface area contributed by atoms with E-state index in [0.29, 0.717) is 34.7 Å². The van der Waals surface area contributed by atoms with Gasteiger partial charge in [-0.05, 0) is 44.0 Å². The summed E-state index contributed by atoms with van der Waals surface area (Å²) < 4.78 is 32.9. The third-order valence-electron chi connectivity index (χ3n) is 4.92. The molecule has 1 atom stereocenters. The molecule has 2 aromatic carbocycles. The molecule has 0 N–H and O–H groups in total. The van der Waals surface area contributed by atoms with Crippen molar-refractivity contribution in [3.8, 4) is 11.4 Å². The molecule has 0 radical (unpaired) electrons. The number of aromatic nitrogens is 2. The van der Waals surface area contributed by atoms with E-state index < -0.39 is 10.0 Å². The molecule has 0 spiro atoms. The molecule has 1 aliphatic rings. The SMILES string of the molecule is Cc1ccc(S(=O)(=O)N2CCCC(c3nc(-c4cccc(Cl)c4)no3)C2)cc1. The summed E-state index contributed by atoms with van der Waals surface area (Å²) in [6.45, 7) is 2.75. The molecule has 0 aliphatic carbocycles. The van der Waals surface area contributed by atoms with Crippen molar-refractivity contribution in [2.24, 2.45) is 0 Å². The van der Waals surface area contributed by atoms with Gasteiger partial charge < -0.3 is 4.52 Å². The second-order valence-electron chi connectivity index (χ2n) is 6.98. The zero-order valence-corrected chi connectivity index (χ0v) is 16.9. The first-order chi connectivity index (χ1) is 13.4. The van der Waals surface area contributed by atoms with Gasteiger partial charge in [-0.15, -0.1) is 0 Å². The number of hydrogen-bond donors (Lipinski definition) is 0. The fourth-order valence-corrected chi connectivity index (χ4v) is 5.08. The average Bonchev–Trinajstić information content (AvgIpc) is 3.19. The lowest BCUT2D eigenvalue weighted by Gasteiger charge is -2.30. The Labute approximate surface area is 169 Å². The van der Waals surface area contributed by atoms with Gasteiger partial charge in [-0.2, -0.15) is 9.29 Å². The molecule has 1 fully saturated rings. The predicted octanol–water partition coefficient (Wildman–Crippen LogP) is 4.27. The van der Waals surface area contributed by atoms with Crippen molar-refractivity contribution >= 4 is 21.6 Å². The van der Waals surface area contributed by atoms with Gasteiger partial charge in [0.2, 0.25) is 21.7 Å². The first-order valence-electron chi connectivity index (χ1n) is 9.10. The molecule has 0 amide bonds. The summed E-state index contributed by atoms with van der Waals surface area (Å²) in [5.74, 6) is 0.782. The first-order valence-corrected chi connectivity index (χ1v) is 10.9. The molecule has 0 bridgehead atoms. The Bertz CT molecular complexity index is 1080. The van der Waals surface area contributed by atoms with Crippen LogP contribution in [0.5, 0.6) is 0 Å². The van der Waals surface area contributed by atoms with Crippen molar-refractivity contribution < 1.29 is 12.9 Å². The minimum absolute atomic E-state index is 0.130. The fraction of sp³-hybridized carbons (Fsp3) is 0.300. The number of piperidine rings is 1. The molecule has 146 valence electrons. The van der Waals surface area contributed by atoms with Crippen LogP contribution in [0.2, 0.25) is 5.02 Å². The van der Waals surface area contributed by atoms with Crippen LogP contribution in [0.25, 0.3) is 11.4 Å². The van der Waals surface area contributed by atoms with Gasteiger partial charge in [-0.25, -0.2) is 8.42 Å². The van der Waals surface area contributed by atoms with Crippen LogP contribution in [-0.4, -0.2) is 36.0 Å². The molecule has 8 heteroatoms. The summed E-state index contributed by atoms with van der Waals surface area (Å²) >= 11 is 6.03. The van der Waals surface area contributed by atoms with E-state index in [2.05, 4.69) is 10.1 Å². The van der Waals surface area contributed by atoms with Crippen LogP contribution in [0.4, 0.5) is 0 Å². The number of hydrogen-bond acceptors (Lipinski definition) is 5. The van der Waals surface area contributed by atoms with Crippen LogP contribution in [-0.2, 0) is 10.0 Å². The number of sulfonamides is 1. The molecule has 1 unspecified atom stereocenters. The Kier molecular flexibility index (Phi) is 5.23. The van der Waals surface area contributed by atoms with Gasteiger partial charge in [-0.1, -0.05) is 46.6 Å². The first kappa shape index (κ1) is 19.1. The summed E-state index contributed by atoms with van der Waals surface area (Å²) in [5.41, 5.74) is 1.79. The Morgan fingerprint density at radius 3 is 2.71 bits per heavy atom. The van der Waals surface area contributed by atoms with Gasteiger partial charge in [0.25, 0.3) is 0 Å². The molecule has 2 heterocycles. The van der Waals surface area contributed by atoms with Crippen LogP contribution < -0.4 is 0 Å². The van der Waals surface area contributed by atoms with E-state index in [1.165, 1.54) is 4.31 Å². The zero-order chi connectivity index (χ0) is 19.7. The van der Waals surface area contributed by atoms with Gasteiger partial charge >= 0.3 is 0 Å². The number of rotatable bonds is 4. The van der Waals surface area contributed by atoms with Crippen LogP contribution in [0, 0.1) is 6.92 Å². The fourth-order valence-electron chi connectivity index (χ4n) is 3.37. The van der Waals surface area contributed by atoms with Gasteiger partial charge in [0.15, 0.2) is 0 Å². The second-order valence-corrected chi connectivity index (χ2v) is 9.36. The van der Waals surface area contributed by atoms with Crippen LogP contribution >= 0.6 is 11.6 Å². The van der Waals surface area contributed by atoms with Crippen molar-refractivity contribution in [2.45, 2.75) is 30.6 Å². The number of aryl methyl sites for hydroxylation is 1. The maximum Gasteiger partial charge on any atom is 0.243 e. The van der Waals surface area contributed by atoms with E-state index in [1.54, 1.807) is 24.3 Å². The average molecular weight is 418 g/mol. The van der Waals surface area contributed by atoms with Crippen molar-refractivity contribution in [3.63, 3.8) is 0 Å². The number of halogens is 1. The minimum atomic E-state index is -3.54. The van der Waals surface area contributed by atoms with E-state index >= 15 is 0 Å². The summed E-state index contributed by atoms with van der Waals surface area (Å²) in [4.78, 5) is 4.80. The molecule has 0 saturated carbocycles. The minimum Gasteiger partial charge on any atom is -0.339 e. The van der Waals surface area contributed by atoms with E-state index in [-0.39, 0.29) is 5.92 Å². The highest BCUT2D eigenvalue weighted by Crippen LogP contribution is 2.31. The quantitative estimate of drug-likeness (QED) is 0.633. The molecule has 1 aliphatic heterocycles. The van der Waals surface area contributed by atoms with Crippen LogP contribution in [0.1, 0.15) is 30.2 Å². The summed E-state index contributed by atoms with van der Waals surface area (Å²) in [5, 5.41) is 4.64. The van der Waals surface area contributed by atoms with Crippen LogP contribution in [0.3, 0.4) is 0 Å². The molecular formula is C20H20ClN3O3S. The lowest BCUT2D eigenvalue weighted by molar-refractivity contribution is 0.265. The maximum atomic E-state index is 13.0. The Morgan fingerprint density at radius 2 is 1.96 bits per heavy atom. The van der Waals surface area contributed by atoms with E-state index in [4.69, 9.17) is 16.1 Å². The number of nitrogens with zero attached hydrogens (tertiary/aromatic N) is 3. The molecule has 28 heavy (non-hydrogen) atoms. The topological polar surface area (TPSA) is 76.3 Å². The standard InChI is InChI=1S/C20H20ClN3O3S/c1-14-7-9-18(10-8-14)28(25,26)24-11-3-5-16(13-24)20-22-19(23-27-20)15-4-2-6-17(21)12-15/h2,4,6-10,12,16H,3,5,11,13H2,1H3. The van der Waals surface area contributed by atoms with Gasteiger partial charge in [0.05, 0.1) is 10.8 Å². The Balaban J connectivity index is 1.55. The highest BCUT2D eigenvalue weighted by atomic mass is 35.5. The molecule has 4 rings (SSSR count). The summed E-state index contributed by atoms with van der Waals surface area (Å²) in [7, 11) is -3.54. The van der Waals surface area contributed by atoms with Crippen molar-refractivity contribution in [3.05, 3.63) is 65.0 Å². The highest BCUT2D eigenvalue weighted by molar-refractivity contribution is 7.89. The second kappa shape index (κ2) is 7.66. The van der Waals surface area contributed by atoms with Crippen molar-refractivity contribution in [2.75, 3.05) is 13.1 Å². The molecular weight excluding hydrogens is 398 g/mol. The summed E-state index contributed by atoms with van der Waals surface area (Å²) in [6, 6.07) is 14.1. The van der Waals surface area contributed by atoms with E-state index in [0.717, 1.165) is 24.0 Å². The molecule has 3 aromatic rings. The Morgan fingerprint density at radius 1 is 1.18 bits per heavy atom. The third-order valence-corrected chi connectivity index (χ3v) is 7.03. The van der Waals surface area contributed by atoms with Crippen molar-refractivity contribution in [1.29, 1.82) is 0 Å². The smallest absolute Gasteiger partial charge is 0.243 e. The highest BCUT2D eigenvalue weighted by Gasteiger charge is 2.33.